The fourth-order valence-corrected chi connectivity index (χ4v) is 3.42. The lowest BCUT2D eigenvalue weighted by Gasteiger charge is -2.09. The zero-order valence-electron chi connectivity index (χ0n) is 9.38. The number of aryl methyl sites for hydroxylation is 2. The molecule has 1 aromatic carbocycles. The summed E-state index contributed by atoms with van der Waals surface area (Å²) in [5.74, 6) is 0. The van der Waals surface area contributed by atoms with Gasteiger partial charge in [0, 0.05) is 10.7 Å². The Labute approximate surface area is 108 Å². The smallest absolute Gasteiger partial charge is 0.199 e. The normalized spacial score (nSPS) is 11.7. The molecule has 90 valence electrons. The SMILES string of the molecule is Cc1cc(C)c(S(=O)(=O)n2cccn2)cc1Br. The minimum absolute atomic E-state index is 0.263. The van der Waals surface area contributed by atoms with Crippen molar-refractivity contribution in [3.63, 3.8) is 0 Å². The first-order chi connectivity index (χ1) is 7.93. The van der Waals surface area contributed by atoms with Gasteiger partial charge in [0.25, 0.3) is 10.0 Å². The van der Waals surface area contributed by atoms with Crippen molar-refractivity contribution in [3.8, 4) is 0 Å². The van der Waals surface area contributed by atoms with E-state index in [1.54, 1.807) is 19.1 Å². The minimum Gasteiger partial charge on any atom is -0.199 e. The molecule has 0 fully saturated rings. The molecule has 0 aliphatic heterocycles. The maximum atomic E-state index is 12.3. The first-order valence-electron chi connectivity index (χ1n) is 4.95. The Balaban J connectivity index is 2.67. The Morgan fingerprint density at radius 2 is 1.94 bits per heavy atom. The molecule has 1 heterocycles. The van der Waals surface area contributed by atoms with Crippen LogP contribution in [0.4, 0.5) is 0 Å². The highest BCUT2D eigenvalue weighted by molar-refractivity contribution is 9.10. The molecule has 0 unspecified atom stereocenters. The molecule has 0 radical (unpaired) electrons. The molecular formula is C11H11BrN2O2S. The fourth-order valence-electron chi connectivity index (χ4n) is 1.58. The Kier molecular flexibility index (Phi) is 3.09. The van der Waals surface area contributed by atoms with E-state index in [1.807, 2.05) is 13.0 Å². The van der Waals surface area contributed by atoms with Crippen molar-refractivity contribution in [2.75, 3.05) is 0 Å². The van der Waals surface area contributed by atoms with Crippen LogP contribution in [0.3, 0.4) is 0 Å². The predicted molar refractivity (Wildman–Crippen MR) is 68.4 cm³/mol. The van der Waals surface area contributed by atoms with Crippen molar-refractivity contribution in [2.45, 2.75) is 18.7 Å². The van der Waals surface area contributed by atoms with Crippen molar-refractivity contribution in [1.29, 1.82) is 0 Å². The molecular weight excluding hydrogens is 304 g/mol. The molecule has 4 nitrogen and oxygen atoms in total. The topological polar surface area (TPSA) is 52.0 Å². The summed E-state index contributed by atoms with van der Waals surface area (Å²) in [6, 6.07) is 5.03. The van der Waals surface area contributed by atoms with Crippen molar-refractivity contribution in [3.05, 3.63) is 46.2 Å². The Morgan fingerprint density at radius 3 is 2.53 bits per heavy atom. The van der Waals surface area contributed by atoms with Crippen LogP contribution < -0.4 is 0 Å². The minimum atomic E-state index is -3.59. The third-order valence-electron chi connectivity index (χ3n) is 2.46. The van der Waals surface area contributed by atoms with E-state index in [-0.39, 0.29) is 4.90 Å². The highest BCUT2D eigenvalue weighted by atomic mass is 79.9. The Morgan fingerprint density at radius 1 is 1.24 bits per heavy atom. The largest absolute Gasteiger partial charge is 0.283 e. The van der Waals surface area contributed by atoms with Crippen LogP contribution in [-0.2, 0) is 10.0 Å². The second-order valence-corrected chi connectivity index (χ2v) is 6.37. The van der Waals surface area contributed by atoms with Gasteiger partial charge in [0.15, 0.2) is 0 Å². The number of hydrogen-bond donors (Lipinski definition) is 0. The van der Waals surface area contributed by atoms with E-state index in [0.717, 1.165) is 14.1 Å². The molecule has 0 bridgehead atoms. The summed E-state index contributed by atoms with van der Waals surface area (Å²) in [6.45, 7) is 3.69. The van der Waals surface area contributed by atoms with E-state index in [4.69, 9.17) is 0 Å². The molecule has 0 aliphatic rings. The molecule has 1 aromatic heterocycles. The predicted octanol–water partition coefficient (Wildman–Crippen LogP) is 2.50. The van der Waals surface area contributed by atoms with Gasteiger partial charge in [0.2, 0.25) is 0 Å². The summed E-state index contributed by atoms with van der Waals surface area (Å²) < 4.78 is 26.3. The number of nitrogens with zero attached hydrogens (tertiary/aromatic N) is 2. The van der Waals surface area contributed by atoms with E-state index in [9.17, 15) is 8.42 Å². The average Bonchev–Trinajstić information content (AvgIpc) is 2.77. The molecule has 0 saturated heterocycles. The number of benzene rings is 1. The van der Waals surface area contributed by atoms with Crippen LogP contribution in [-0.4, -0.2) is 17.6 Å². The van der Waals surface area contributed by atoms with Crippen LogP contribution in [0.15, 0.2) is 40.0 Å². The standard InChI is InChI=1S/C11H11BrN2O2S/c1-8-6-9(2)11(7-10(8)12)17(15,16)14-5-3-4-13-14/h3-7H,1-2H3. The quantitative estimate of drug-likeness (QED) is 0.855. The molecule has 0 aliphatic carbocycles. The number of aromatic nitrogens is 2. The third-order valence-corrected chi connectivity index (χ3v) is 5.02. The van der Waals surface area contributed by atoms with Crippen LogP contribution in [0.1, 0.15) is 11.1 Å². The van der Waals surface area contributed by atoms with Crippen LogP contribution in [0.25, 0.3) is 0 Å². The van der Waals surface area contributed by atoms with Gasteiger partial charge in [0.05, 0.1) is 11.1 Å². The Hall–Kier alpha value is -1.14. The van der Waals surface area contributed by atoms with Crippen LogP contribution in [0.5, 0.6) is 0 Å². The molecule has 6 heteroatoms. The number of hydrogen-bond acceptors (Lipinski definition) is 3. The van der Waals surface area contributed by atoms with Crippen LogP contribution >= 0.6 is 15.9 Å². The molecule has 0 saturated carbocycles. The van der Waals surface area contributed by atoms with Crippen molar-refractivity contribution in [2.24, 2.45) is 0 Å². The van der Waals surface area contributed by atoms with Gasteiger partial charge in [-0.05, 0) is 37.1 Å². The van der Waals surface area contributed by atoms with Gasteiger partial charge in [-0.15, -0.1) is 0 Å². The zero-order chi connectivity index (χ0) is 12.6. The van der Waals surface area contributed by atoms with Gasteiger partial charge >= 0.3 is 0 Å². The highest BCUT2D eigenvalue weighted by Crippen LogP contribution is 2.25. The van der Waals surface area contributed by atoms with Gasteiger partial charge in [-0.3, -0.25) is 0 Å². The van der Waals surface area contributed by atoms with Crippen LogP contribution in [0.2, 0.25) is 0 Å². The van der Waals surface area contributed by atoms with E-state index in [0.29, 0.717) is 5.56 Å². The van der Waals surface area contributed by atoms with Crippen LogP contribution in [0, 0.1) is 13.8 Å². The number of rotatable bonds is 2. The highest BCUT2D eigenvalue weighted by Gasteiger charge is 2.20. The van der Waals surface area contributed by atoms with E-state index in [2.05, 4.69) is 21.0 Å². The lowest BCUT2D eigenvalue weighted by Crippen LogP contribution is -2.14. The second-order valence-electron chi connectivity index (χ2n) is 3.75. The summed E-state index contributed by atoms with van der Waals surface area (Å²) in [7, 11) is -3.59. The summed E-state index contributed by atoms with van der Waals surface area (Å²) in [4.78, 5) is 0.263. The molecule has 2 aromatic rings. The maximum Gasteiger partial charge on any atom is 0.283 e. The summed E-state index contributed by atoms with van der Waals surface area (Å²) >= 11 is 3.34. The molecule has 0 amide bonds. The summed E-state index contributed by atoms with van der Waals surface area (Å²) in [5.41, 5.74) is 1.71. The summed E-state index contributed by atoms with van der Waals surface area (Å²) in [5, 5.41) is 3.77. The first kappa shape index (κ1) is 12.3. The molecule has 2 rings (SSSR count). The maximum absolute atomic E-state index is 12.3. The first-order valence-corrected chi connectivity index (χ1v) is 7.18. The number of halogens is 1. The lowest BCUT2D eigenvalue weighted by atomic mass is 10.2. The Bertz CT molecular complexity index is 648. The average molecular weight is 315 g/mol. The van der Waals surface area contributed by atoms with E-state index in [1.165, 1.54) is 12.4 Å². The van der Waals surface area contributed by atoms with Gasteiger partial charge < -0.3 is 0 Å². The van der Waals surface area contributed by atoms with E-state index >= 15 is 0 Å². The van der Waals surface area contributed by atoms with E-state index < -0.39 is 10.0 Å². The zero-order valence-corrected chi connectivity index (χ0v) is 11.8. The molecule has 0 atom stereocenters. The fraction of sp³-hybridized carbons (Fsp3) is 0.182. The monoisotopic (exact) mass is 314 g/mol. The second kappa shape index (κ2) is 4.27. The van der Waals surface area contributed by atoms with Gasteiger partial charge in [-0.1, -0.05) is 22.0 Å². The third kappa shape index (κ3) is 2.14. The summed E-state index contributed by atoms with van der Waals surface area (Å²) in [6.07, 6.45) is 2.86. The van der Waals surface area contributed by atoms with Gasteiger partial charge in [-0.2, -0.15) is 17.6 Å². The molecule has 0 spiro atoms. The molecule has 17 heavy (non-hydrogen) atoms. The van der Waals surface area contributed by atoms with Crippen molar-refractivity contribution in [1.82, 2.24) is 9.19 Å². The lowest BCUT2D eigenvalue weighted by molar-refractivity contribution is 0.579. The van der Waals surface area contributed by atoms with Gasteiger partial charge in [0.1, 0.15) is 0 Å². The van der Waals surface area contributed by atoms with Gasteiger partial charge in [-0.25, -0.2) is 0 Å². The molecule has 0 N–H and O–H groups in total. The van der Waals surface area contributed by atoms with Crippen molar-refractivity contribution >= 4 is 26.0 Å². The van der Waals surface area contributed by atoms with Crippen molar-refractivity contribution < 1.29 is 8.42 Å².